The molecule has 0 radical (unpaired) electrons. The van der Waals surface area contributed by atoms with Gasteiger partial charge in [0, 0.05) is 38.9 Å². The molecule has 1 aliphatic carbocycles. The number of amides is 1. The van der Waals surface area contributed by atoms with Crippen LogP contribution in [0.4, 0.5) is 0 Å². The smallest absolute Gasteiger partial charge is 0.267 e. The van der Waals surface area contributed by atoms with Crippen molar-refractivity contribution in [3.05, 3.63) is 27.7 Å². The van der Waals surface area contributed by atoms with E-state index < -0.39 is 0 Å². The lowest BCUT2D eigenvalue weighted by molar-refractivity contribution is -0.134. The molecule has 28 heavy (non-hydrogen) atoms. The Hall–Kier alpha value is -1.73. The van der Waals surface area contributed by atoms with Crippen molar-refractivity contribution in [2.75, 3.05) is 45.9 Å². The Balaban J connectivity index is 1.25. The maximum atomic E-state index is 12.4. The van der Waals surface area contributed by atoms with Crippen molar-refractivity contribution in [3.8, 4) is 0 Å². The molecule has 0 saturated carbocycles. The predicted octanol–water partition coefficient (Wildman–Crippen LogP) is 1.08. The number of likely N-dealkylation sites (tertiary alicyclic amines) is 1. The monoisotopic (exact) mass is 388 g/mol. The summed E-state index contributed by atoms with van der Waals surface area (Å²) < 4.78 is 7.01. The number of ether oxygens (including phenoxy) is 1. The number of aromatic nitrogens is 2. The maximum Gasteiger partial charge on any atom is 0.267 e. The highest BCUT2D eigenvalue weighted by Crippen LogP contribution is 2.20. The predicted molar refractivity (Wildman–Crippen MR) is 106 cm³/mol. The van der Waals surface area contributed by atoms with Gasteiger partial charge in [0.15, 0.2) is 0 Å². The quantitative estimate of drug-likeness (QED) is 0.755. The number of hydrogen-bond acceptors (Lipinski definition) is 5. The van der Waals surface area contributed by atoms with Gasteiger partial charge in [-0.1, -0.05) is 0 Å². The van der Waals surface area contributed by atoms with Gasteiger partial charge in [-0.3, -0.25) is 9.59 Å². The van der Waals surface area contributed by atoms with Crippen molar-refractivity contribution in [1.82, 2.24) is 19.6 Å². The minimum atomic E-state index is 0.0602. The minimum absolute atomic E-state index is 0.0602. The SMILES string of the molecule is O=C1COCCCN1CCN1CCC(Cn2nc3c(cc2=O)CCCC3)CC1. The summed E-state index contributed by atoms with van der Waals surface area (Å²) in [6.45, 7) is 6.23. The van der Waals surface area contributed by atoms with Crippen molar-refractivity contribution >= 4 is 5.91 Å². The summed E-state index contributed by atoms with van der Waals surface area (Å²) in [4.78, 5) is 28.8. The molecule has 0 unspecified atom stereocenters. The van der Waals surface area contributed by atoms with Crippen LogP contribution < -0.4 is 5.56 Å². The van der Waals surface area contributed by atoms with Gasteiger partial charge in [0.25, 0.3) is 5.56 Å². The molecule has 2 aliphatic heterocycles. The average Bonchev–Trinajstić information content (AvgIpc) is 2.92. The fraction of sp³-hybridized carbons (Fsp3) is 0.762. The molecule has 0 atom stereocenters. The number of aryl methyl sites for hydroxylation is 2. The van der Waals surface area contributed by atoms with Crippen LogP contribution in [0.15, 0.2) is 10.9 Å². The molecule has 0 aromatic carbocycles. The van der Waals surface area contributed by atoms with Gasteiger partial charge in [0.05, 0.1) is 5.69 Å². The zero-order valence-corrected chi connectivity index (χ0v) is 16.8. The lowest BCUT2D eigenvalue weighted by Crippen LogP contribution is -2.43. The highest BCUT2D eigenvalue weighted by atomic mass is 16.5. The van der Waals surface area contributed by atoms with Crippen molar-refractivity contribution in [2.45, 2.75) is 51.5 Å². The van der Waals surface area contributed by atoms with Crippen LogP contribution >= 0.6 is 0 Å². The molecule has 2 fully saturated rings. The number of fused-ring (bicyclic) bond motifs is 1. The summed E-state index contributed by atoms with van der Waals surface area (Å²) in [7, 11) is 0. The zero-order valence-electron chi connectivity index (χ0n) is 16.8. The first kappa shape index (κ1) is 19.6. The molecule has 4 rings (SSSR count). The van der Waals surface area contributed by atoms with Gasteiger partial charge in [-0.25, -0.2) is 4.68 Å². The molecular weight excluding hydrogens is 356 g/mol. The van der Waals surface area contributed by atoms with E-state index in [1.54, 1.807) is 4.68 Å². The zero-order chi connectivity index (χ0) is 19.3. The Kier molecular flexibility index (Phi) is 6.42. The van der Waals surface area contributed by atoms with Gasteiger partial charge in [0.2, 0.25) is 5.91 Å². The molecule has 0 N–H and O–H groups in total. The van der Waals surface area contributed by atoms with Crippen LogP contribution in [0.25, 0.3) is 0 Å². The van der Waals surface area contributed by atoms with Crippen molar-refractivity contribution in [1.29, 1.82) is 0 Å². The number of carbonyl (C=O) groups excluding carboxylic acids is 1. The second-order valence-corrected chi connectivity index (χ2v) is 8.42. The summed E-state index contributed by atoms with van der Waals surface area (Å²) >= 11 is 0. The fourth-order valence-electron chi connectivity index (χ4n) is 4.60. The number of hydrogen-bond donors (Lipinski definition) is 0. The Morgan fingerprint density at radius 3 is 2.71 bits per heavy atom. The Labute approximate surface area is 166 Å². The largest absolute Gasteiger partial charge is 0.372 e. The molecule has 1 amide bonds. The van der Waals surface area contributed by atoms with Crippen LogP contribution in [-0.4, -0.2) is 71.4 Å². The Morgan fingerprint density at radius 1 is 1.04 bits per heavy atom. The van der Waals surface area contributed by atoms with Gasteiger partial charge in [-0.05, 0) is 69.5 Å². The number of rotatable bonds is 5. The van der Waals surface area contributed by atoms with Crippen molar-refractivity contribution in [2.24, 2.45) is 5.92 Å². The van der Waals surface area contributed by atoms with E-state index in [1.807, 2.05) is 11.0 Å². The number of piperidine rings is 1. The lowest BCUT2D eigenvalue weighted by Gasteiger charge is -2.33. The normalized spacial score (nSPS) is 22.1. The molecule has 3 heterocycles. The Morgan fingerprint density at radius 2 is 1.86 bits per heavy atom. The highest BCUT2D eigenvalue weighted by molar-refractivity contribution is 5.77. The molecule has 2 saturated heterocycles. The van der Waals surface area contributed by atoms with Crippen molar-refractivity contribution in [3.63, 3.8) is 0 Å². The lowest BCUT2D eigenvalue weighted by atomic mass is 9.96. The summed E-state index contributed by atoms with van der Waals surface area (Å²) in [5, 5.41) is 4.68. The van der Waals surface area contributed by atoms with Crippen LogP contribution in [0.1, 0.15) is 43.4 Å². The molecule has 0 bridgehead atoms. The number of carbonyl (C=O) groups is 1. The molecule has 7 heteroatoms. The van der Waals surface area contributed by atoms with Gasteiger partial charge >= 0.3 is 0 Å². The summed E-state index contributed by atoms with van der Waals surface area (Å²) in [5.74, 6) is 0.626. The topological polar surface area (TPSA) is 67.7 Å². The van der Waals surface area contributed by atoms with Crippen LogP contribution in [0.3, 0.4) is 0 Å². The van der Waals surface area contributed by atoms with Gasteiger partial charge < -0.3 is 14.5 Å². The summed E-state index contributed by atoms with van der Waals surface area (Å²) in [6, 6.07) is 1.82. The average molecular weight is 389 g/mol. The first-order chi connectivity index (χ1) is 13.7. The summed E-state index contributed by atoms with van der Waals surface area (Å²) in [5.41, 5.74) is 2.36. The molecule has 3 aliphatic rings. The third kappa shape index (κ3) is 4.81. The first-order valence-corrected chi connectivity index (χ1v) is 10.9. The molecule has 7 nitrogen and oxygen atoms in total. The van der Waals surface area contributed by atoms with Crippen LogP contribution in [-0.2, 0) is 28.9 Å². The van der Waals surface area contributed by atoms with Gasteiger partial charge in [-0.2, -0.15) is 5.10 Å². The maximum absolute atomic E-state index is 12.4. The molecular formula is C21H32N4O3. The van der Waals surface area contributed by atoms with E-state index in [0.29, 0.717) is 12.5 Å². The van der Waals surface area contributed by atoms with E-state index >= 15 is 0 Å². The van der Waals surface area contributed by atoms with Crippen LogP contribution in [0, 0.1) is 5.92 Å². The molecule has 1 aromatic heterocycles. The van der Waals surface area contributed by atoms with E-state index in [-0.39, 0.29) is 18.1 Å². The van der Waals surface area contributed by atoms with E-state index in [1.165, 1.54) is 12.8 Å². The fourth-order valence-corrected chi connectivity index (χ4v) is 4.60. The van der Waals surface area contributed by atoms with E-state index in [9.17, 15) is 9.59 Å². The standard InChI is InChI=1S/C21H32N4O3/c26-20-14-18-4-1-2-5-19(18)22-25(20)15-17-6-9-23(10-7-17)11-12-24-8-3-13-28-16-21(24)27/h14,17H,1-13,15-16H2. The first-order valence-electron chi connectivity index (χ1n) is 10.9. The van der Waals surface area contributed by atoms with Gasteiger partial charge in [-0.15, -0.1) is 0 Å². The molecule has 1 aromatic rings. The van der Waals surface area contributed by atoms with E-state index in [0.717, 1.165) is 82.6 Å². The highest BCUT2D eigenvalue weighted by Gasteiger charge is 2.23. The second-order valence-electron chi connectivity index (χ2n) is 8.42. The van der Waals surface area contributed by atoms with E-state index in [2.05, 4.69) is 10.00 Å². The van der Waals surface area contributed by atoms with E-state index in [4.69, 9.17) is 4.74 Å². The van der Waals surface area contributed by atoms with Crippen LogP contribution in [0.2, 0.25) is 0 Å². The van der Waals surface area contributed by atoms with Gasteiger partial charge in [0.1, 0.15) is 6.61 Å². The van der Waals surface area contributed by atoms with Crippen molar-refractivity contribution < 1.29 is 9.53 Å². The third-order valence-corrected chi connectivity index (χ3v) is 6.39. The minimum Gasteiger partial charge on any atom is -0.372 e. The van der Waals surface area contributed by atoms with Crippen LogP contribution in [0.5, 0.6) is 0 Å². The second kappa shape index (κ2) is 9.18. The molecule has 154 valence electrons. The number of nitrogens with zero attached hydrogens (tertiary/aromatic N) is 4. The molecule has 0 spiro atoms. The Bertz CT molecular complexity index is 740. The third-order valence-electron chi connectivity index (χ3n) is 6.39. The summed E-state index contributed by atoms with van der Waals surface area (Å²) in [6.07, 6.45) is 7.46.